The van der Waals surface area contributed by atoms with Gasteiger partial charge in [-0.1, -0.05) is 12.1 Å². The zero-order valence-corrected chi connectivity index (χ0v) is 11.3. The van der Waals surface area contributed by atoms with E-state index in [4.69, 9.17) is 0 Å². The molecule has 0 saturated carbocycles. The van der Waals surface area contributed by atoms with Crippen LogP contribution in [0.2, 0.25) is 0 Å². The number of nitriles is 1. The quantitative estimate of drug-likeness (QED) is 0.865. The van der Waals surface area contributed by atoms with Crippen molar-refractivity contribution in [2.45, 2.75) is 32.4 Å². The molecular weight excluding hydrogens is 210 g/mol. The van der Waals surface area contributed by atoms with Gasteiger partial charge < -0.3 is 4.90 Å². The van der Waals surface area contributed by atoms with E-state index < -0.39 is 5.54 Å². The molecule has 17 heavy (non-hydrogen) atoms. The monoisotopic (exact) mass is 231 g/mol. The van der Waals surface area contributed by atoms with Gasteiger partial charge in [-0.15, -0.1) is 0 Å². The molecule has 0 aliphatic carbocycles. The minimum atomic E-state index is -0.626. The Labute approximate surface area is 104 Å². The first kappa shape index (κ1) is 13.5. The highest BCUT2D eigenvalue weighted by molar-refractivity contribution is 5.48. The summed E-state index contributed by atoms with van der Waals surface area (Å²) in [5.74, 6) is 0. The van der Waals surface area contributed by atoms with Gasteiger partial charge >= 0.3 is 0 Å². The highest BCUT2D eigenvalue weighted by Gasteiger charge is 2.26. The van der Waals surface area contributed by atoms with Crippen LogP contribution in [0.3, 0.4) is 0 Å². The molecule has 0 heterocycles. The summed E-state index contributed by atoms with van der Waals surface area (Å²) in [6.07, 6.45) is 0. The molecule has 0 fully saturated rings. The van der Waals surface area contributed by atoms with Crippen molar-refractivity contribution in [2.75, 3.05) is 19.0 Å². The van der Waals surface area contributed by atoms with Gasteiger partial charge in [0.1, 0.15) is 5.54 Å². The molecule has 0 bridgehead atoms. The van der Waals surface area contributed by atoms with E-state index in [1.54, 1.807) is 0 Å². The first-order valence-electron chi connectivity index (χ1n) is 5.86. The van der Waals surface area contributed by atoms with Crippen LogP contribution < -0.4 is 10.2 Å². The SMILES string of the molecule is CC(C)NC(C)(C#N)c1ccc(N(C)C)cc1. The summed E-state index contributed by atoms with van der Waals surface area (Å²) in [7, 11) is 4.01. The van der Waals surface area contributed by atoms with Crippen LogP contribution in [0.1, 0.15) is 26.3 Å². The predicted molar refractivity (Wildman–Crippen MR) is 72.0 cm³/mol. The Morgan fingerprint density at radius 1 is 1.24 bits per heavy atom. The number of rotatable bonds is 4. The van der Waals surface area contributed by atoms with Crippen molar-refractivity contribution in [2.24, 2.45) is 0 Å². The molecule has 0 amide bonds. The Kier molecular flexibility index (Phi) is 4.14. The maximum Gasteiger partial charge on any atom is 0.129 e. The lowest BCUT2D eigenvalue weighted by atomic mass is 9.92. The second-order valence-corrected chi connectivity index (χ2v) is 4.98. The molecular formula is C14H21N3. The van der Waals surface area contributed by atoms with Gasteiger partial charge in [-0.3, -0.25) is 5.32 Å². The van der Waals surface area contributed by atoms with Crippen molar-refractivity contribution in [3.8, 4) is 6.07 Å². The fourth-order valence-corrected chi connectivity index (χ4v) is 1.85. The van der Waals surface area contributed by atoms with Gasteiger partial charge in [0.2, 0.25) is 0 Å². The molecule has 0 aliphatic rings. The van der Waals surface area contributed by atoms with Crippen molar-refractivity contribution in [1.82, 2.24) is 5.32 Å². The van der Waals surface area contributed by atoms with Gasteiger partial charge in [-0.05, 0) is 38.5 Å². The minimum absolute atomic E-state index is 0.271. The molecule has 0 aliphatic heterocycles. The Hall–Kier alpha value is -1.53. The molecule has 0 spiro atoms. The summed E-state index contributed by atoms with van der Waals surface area (Å²) in [5, 5.41) is 12.6. The minimum Gasteiger partial charge on any atom is -0.378 e. The fraction of sp³-hybridized carbons (Fsp3) is 0.500. The van der Waals surface area contributed by atoms with Crippen molar-refractivity contribution in [3.05, 3.63) is 29.8 Å². The maximum absolute atomic E-state index is 9.34. The van der Waals surface area contributed by atoms with Crippen LogP contribution in [-0.2, 0) is 5.54 Å². The Morgan fingerprint density at radius 2 is 1.76 bits per heavy atom. The van der Waals surface area contributed by atoms with Gasteiger partial charge in [0.25, 0.3) is 0 Å². The standard InChI is InChI=1S/C14H21N3/c1-11(2)16-14(3,10-15)12-6-8-13(9-7-12)17(4)5/h6-9,11,16H,1-5H3. The molecule has 1 rings (SSSR count). The van der Waals surface area contributed by atoms with Gasteiger partial charge in [0.15, 0.2) is 0 Å². The van der Waals surface area contributed by atoms with Crippen LogP contribution in [0.25, 0.3) is 0 Å². The van der Waals surface area contributed by atoms with Crippen molar-refractivity contribution in [1.29, 1.82) is 5.26 Å². The van der Waals surface area contributed by atoms with Gasteiger partial charge in [0, 0.05) is 25.8 Å². The van der Waals surface area contributed by atoms with Crippen molar-refractivity contribution < 1.29 is 0 Å². The molecule has 3 heteroatoms. The van der Waals surface area contributed by atoms with Gasteiger partial charge in [-0.25, -0.2) is 0 Å². The van der Waals surface area contributed by atoms with Crippen LogP contribution in [0.4, 0.5) is 5.69 Å². The Balaban J connectivity index is 3.02. The molecule has 1 aromatic carbocycles. The number of nitrogens with zero attached hydrogens (tertiary/aromatic N) is 2. The summed E-state index contributed by atoms with van der Waals surface area (Å²) >= 11 is 0. The van der Waals surface area contributed by atoms with Gasteiger partial charge in [-0.2, -0.15) is 5.26 Å². The van der Waals surface area contributed by atoms with Crippen molar-refractivity contribution in [3.63, 3.8) is 0 Å². The predicted octanol–water partition coefficient (Wildman–Crippen LogP) is 2.49. The molecule has 0 saturated heterocycles. The smallest absolute Gasteiger partial charge is 0.129 e. The summed E-state index contributed by atoms with van der Waals surface area (Å²) < 4.78 is 0. The van der Waals surface area contributed by atoms with E-state index in [2.05, 4.69) is 11.4 Å². The highest BCUT2D eigenvalue weighted by atomic mass is 15.1. The van der Waals surface area contributed by atoms with E-state index in [1.807, 2.05) is 64.0 Å². The van der Waals surface area contributed by atoms with Crippen LogP contribution in [-0.4, -0.2) is 20.1 Å². The lowest BCUT2D eigenvalue weighted by molar-refractivity contribution is 0.419. The van der Waals surface area contributed by atoms with E-state index in [1.165, 1.54) is 0 Å². The average molecular weight is 231 g/mol. The molecule has 0 aromatic heterocycles. The van der Waals surface area contributed by atoms with E-state index in [0.717, 1.165) is 11.3 Å². The van der Waals surface area contributed by atoms with E-state index >= 15 is 0 Å². The Bertz CT molecular complexity index is 400. The third-order valence-electron chi connectivity index (χ3n) is 2.76. The molecule has 1 N–H and O–H groups in total. The highest BCUT2D eigenvalue weighted by Crippen LogP contribution is 2.23. The summed E-state index contributed by atoms with van der Waals surface area (Å²) in [4.78, 5) is 2.05. The third kappa shape index (κ3) is 3.21. The number of nitrogens with one attached hydrogen (secondary N) is 1. The summed E-state index contributed by atoms with van der Waals surface area (Å²) in [6.45, 7) is 6.01. The number of hydrogen-bond donors (Lipinski definition) is 1. The number of benzene rings is 1. The molecule has 1 unspecified atom stereocenters. The Morgan fingerprint density at radius 3 is 2.12 bits per heavy atom. The lowest BCUT2D eigenvalue weighted by Crippen LogP contribution is -2.42. The number of hydrogen-bond acceptors (Lipinski definition) is 3. The second-order valence-electron chi connectivity index (χ2n) is 4.98. The fourth-order valence-electron chi connectivity index (χ4n) is 1.85. The zero-order chi connectivity index (χ0) is 13.1. The van der Waals surface area contributed by atoms with Crippen LogP contribution >= 0.6 is 0 Å². The average Bonchev–Trinajstić information content (AvgIpc) is 2.28. The second kappa shape index (κ2) is 5.20. The largest absolute Gasteiger partial charge is 0.378 e. The molecule has 0 radical (unpaired) electrons. The molecule has 3 nitrogen and oxygen atoms in total. The van der Waals surface area contributed by atoms with E-state index in [0.29, 0.717) is 0 Å². The van der Waals surface area contributed by atoms with E-state index in [-0.39, 0.29) is 6.04 Å². The van der Waals surface area contributed by atoms with Crippen LogP contribution in [0.5, 0.6) is 0 Å². The molecule has 1 atom stereocenters. The number of anilines is 1. The van der Waals surface area contributed by atoms with Crippen LogP contribution in [0, 0.1) is 11.3 Å². The summed E-state index contributed by atoms with van der Waals surface area (Å²) in [5.41, 5.74) is 1.51. The first-order chi connectivity index (χ1) is 7.89. The third-order valence-corrected chi connectivity index (χ3v) is 2.76. The van der Waals surface area contributed by atoms with Crippen molar-refractivity contribution >= 4 is 5.69 Å². The first-order valence-corrected chi connectivity index (χ1v) is 5.86. The zero-order valence-electron chi connectivity index (χ0n) is 11.3. The van der Waals surface area contributed by atoms with Crippen LogP contribution in [0.15, 0.2) is 24.3 Å². The van der Waals surface area contributed by atoms with Gasteiger partial charge in [0.05, 0.1) is 6.07 Å². The summed E-state index contributed by atoms with van der Waals surface area (Å²) in [6, 6.07) is 10.7. The van der Waals surface area contributed by atoms with E-state index in [9.17, 15) is 5.26 Å². The topological polar surface area (TPSA) is 39.1 Å². The lowest BCUT2D eigenvalue weighted by Gasteiger charge is -2.27. The normalized spacial score (nSPS) is 14.2. The maximum atomic E-state index is 9.34. The molecule has 1 aromatic rings. The molecule has 92 valence electrons.